The Kier molecular flexibility index (Phi) is 3.73. The van der Waals surface area contributed by atoms with Gasteiger partial charge in [0.2, 0.25) is 0 Å². The average Bonchev–Trinajstić information content (AvgIpc) is 2.31. The molecule has 0 aliphatic rings. The molecular weight excluding hydrogens is 194 g/mol. The van der Waals surface area contributed by atoms with Crippen LogP contribution in [0.25, 0.3) is 0 Å². The van der Waals surface area contributed by atoms with Crippen molar-refractivity contribution in [2.24, 2.45) is 0 Å². The van der Waals surface area contributed by atoms with Crippen molar-refractivity contribution < 1.29 is 0 Å². The quantitative estimate of drug-likeness (QED) is 0.745. The van der Waals surface area contributed by atoms with Crippen molar-refractivity contribution in [2.75, 3.05) is 0 Å². The van der Waals surface area contributed by atoms with Crippen LogP contribution in [0, 0.1) is 7.05 Å². The number of hydrogen-bond donors (Lipinski definition) is 0. The van der Waals surface area contributed by atoms with Gasteiger partial charge in [-0.2, -0.15) is 0 Å². The second-order valence-corrected chi connectivity index (χ2v) is 3.83. The fourth-order valence-corrected chi connectivity index (χ4v) is 1.66. The Morgan fingerprint density at radius 1 is 0.688 bits per heavy atom. The van der Waals surface area contributed by atoms with Crippen LogP contribution in [0.3, 0.4) is 0 Å². The Bertz CT molecular complexity index is 366. The van der Waals surface area contributed by atoms with Gasteiger partial charge in [0.1, 0.15) is 0 Å². The molecule has 2 aromatic carbocycles. The highest BCUT2D eigenvalue weighted by atomic mass is 15.1. The highest BCUT2D eigenvalue weighted by Crippen LogP contribution is 2.08. The van der Waals surface area contributed by atoms with Crippen LogP contribution in [0.5, 0.6) is 0 Å². The van der Waals surface area contributed by atoms with Crippen molar-refractivity contribution in [1.82, 2.24) is 4.90 Å². The highest BCUT2D eigenvalue weighted by Gasteiger charge is 2.01. The summed E-state index contributed by atoms with van der Waals surface area (Å²) in [7, 11) is 7.88. The lowest BCUT2D eigenvalue weighted by atomic mass is 10.2. The van der Waals surface area contributed by atoms with Crippen molar-refractivity contribution in [2.45, 2.75) is 13.1 Å². The van der Waals surface area contributed by atoms with E-state index in [1.54, 1.807) is 4.90 Å². The molecule has 0 N–H and O–H groups in total. The Hall–Kier alpha value is -1.60. The molecule has 1 nitrogen and oxygen atoms in total. The molecule has 0 bridgehead atoms. The van der Waals surface area contributed by atoms with Gasteiger partial charge in [-0.05, 0) is 11.1 Å². The average molecular weight is 208 g/mol. The molecule has 3 radical (unpaired) electrons. The van der Waals surface area contributed by atoms with Crippen molar-refractivity contribution in [3.8, 4) is 0 Å². The molecule has 16 heavy (non-hydrogen) atoms. The van der Waals surface area contributed by atoms with Crippen molar-refractivity contribution >= 4 is 0 Å². The second kappa shape index (κ2) is 5.47. The Balaban J connectivity index is 1.92. The van der Waals surface area contributed by atoms with Gasteiger partial charge in [-0.25, -0.2) is 0 Å². The molecule has 0 atom stereocenters. The molecule has 0 aliphatic heterocycles. The van der Waals surface area contributed by atoms with Crippen LogP contribution in [0.4, 0.5) is 0 Å². The summed E-state index contributed by atoms with van der Waals surface area (Å²) in [6.45, 7) is 1.32. The van der Waals surface area contributed by atoms with E-state index in [1.807, 2.05) is 60.7 Å². The topological polar surface area (TPSA) is 3.24 Å². The van der Waals surface area contributed by atoms with Gasteiger partial charge in [0.05, 0.1) is 7.05 Å². The molecule has 0 fully saturated rings. The van der Waals surface area contributed by atoms with Crippen LogP contribution in [-0.2, 0) is 13.1 Å². The predicted octanol–water partition coefficient (Wildman–Crippen LogP) is 3.23. The zero-order valence-electron chi connectivity index (χ0n) is 9.13. The number of nitrogens with zero attached hydrogens (tertiary/aromatic N) is 1. The normalized spacial score (nSPS) is 10.6. The third kappa shape index (κ3) is 3.21. The van der Waals surface area contributed by atoms with Gasteiger partial charge >= 0.3 is 0 Å². The van der Waals surface area contributed by atoms with Crippen molar-refractivity contribution in [1.29, 1.82) is 0 Å². The van der Waals surface area contributed by atoms with Gasteiger partial charge in [0.25, 0.3) is 0 Å². The molecule has 0 heterocycles. The summed E-state index contributed by atoms with van der Waals surface area (Å²) in [5, 5.41) is 0. The van der Waals surface area contributed by atoms with Crippen molar-refractivity contribution in [3.05, 3.63) is 78.8 Å². The first kappa shape index (κ1) is 10.9. The second-order valence-electron chi connectivity index (χ2n) is 3.83. The van der Waals surface area contributed by atoms with Gasteiger partial charge < -0.3 is 0 Å². The zero-order valence-corrected chi connectivity index (χ0v) is 9.13. The van der Waals surface area contributed by atoms with E-state index in [9.17, 15) is 0 Å². The summed E-state index contributed by atoms with van der Waals surface area (Å²) in [4.78, 5) is 1.57. The van der Waals surface area contributed by atoms with Crippen LogP contribution in [0.2, 0.25) is 0 Å². The van der Waals surface area contributed by atoms with E-state index in [4.69, 9.17) is 7.05 Å². The first-order chi connectivity index (χ1) is 7.84. The van der Waals surface area contributed by atoms with E-state index in [2.05, 4.69) is 0 Å². The summed E-state index contributed by atoms with van der Waals surface area (Å²) in [6.07, 6.45) is 0. The molecule has 79 valence electrons. The first-order valence-corrected chi connectivity index (χ1v) is 5.38. The summed E-state index contributed by atoms with van der Waals surface area (Å²) in [5.74, 6) is 0. The number of rotatable bonds is 4. The van der Waals surface area contributed by atoms with Crippen LogP contribution in [0.15, 0.2) is 60.7 Å². The lowest BCUT2D eigenvalue weighted by Crippen LogP contribution is -2.14. The Morgan fingerprint density at radius 3 is 1.44 bits per heavy atom. The maximum atomic E-state index is 7.88. The Labute approximate surface area is 97.3 Å². The largest absolute Gasteiger partial charge is 0.284 e. The standard InChI is InChI=1S/C15H14N/c1-16(12-14-8-4-2-5-9-14)13-15-10-6-3-7-11-15/h2-11H,12-13H2. The van der Waals surface area contributed by atoms with Gasteiger partial charge in [0, 0.05) is 13.1 Å². The number of benzene rings is 2. The van der Waals surface area contributed by atoms with Gasteiger partial charge in [-0.3, -0.25) is 4.90 Å². The van der Waals surface area contributed by atoms with E-state index in [1.165, 1.54) is 11.1 Å². The molecule has 0 amide bonds. The zero-order chi connectivity index (χ0) is 11.2. The fraction of sp³-hybridized carbons (Fsp3) is 0.133. The van der Waals surface area contributed by atoms with Crippen LogP contribution < -0.4 is 0 Å². The lowest BCUT2D eigenvalue weighted by Gasteiger charge is -2.15. The summed E-state index contributed by atoms with van der Waals surface area (Å²) >= 11 is 0. The van der Waals surface area contributed by atoms with E-state index >= 15 is 0 Å². The maximum Gasteiger partial charge on any atom is 0.0889 e. The van der Waals surface area contributed by atoms with Crippen LogP contribution in [0.1, 0.15) is 11.1 Å². The van der Waals surface area contributed by atoms with Crippen molar-refractivity contribution in [3.63, 3.8) is 0 Å². The molecule has 0 spiro atoms. The summed E-state index contributed by atoms with van der Waals surface area (Å²) < 4.78 is 0. The van der Waals surface area contributed by atoms with Gasteiger partial charge in [0.15, 0.2) is 0 Å². The minimum atomic E-state index is 0.662. The summed E-state index contributed by atoms with van der Waals surface area (Å²) in [5.41, 5.74) is 2.35. The molecule has 1 heteroatoms. The van der Waals surface area contributed by atoms with Crippen LogP contribution in [-0.4, -0.2) is 4.90 Å². The molecule has 0 saturated heterocycles. The van der Waals surface area contributed by atoms with E-state index < -0.39 is 0 Å². The molecule has 2 rings (SSSR count). The predicted molar refractivity (Wildman–Crippen MR) is 65.4 cm³/mol. The molecule has 0 unspecified atom stereocenters. The van der Waals surface area contributed by atoms with E-state index in [0.717, 1.165) is 0 Å². The first-order valence-electron chi connectivity index (χ1n) is 5.38. The SMILES string of the molecule is [C]N(Cc1ccccc1)Cc1ccccc1. The fourth-order valence-electron chi connectivity index (χ4n) is 1.66. The molecule has 0 aliphatic carbocycles. The Morgan fingerprint density at radius 2 is 1.06 bits per heavy atom. The molecule has 0 saturated carbocycles. The van der Waals surface area contributed by atoms with E-state index in [0.29, 0.717) is 13.1 Å². The lowest BCUT2D eigenvalue weighted by molar-refractivity contribution is 0.356. The molecule has 2 aromatic rings. The smallest absolute Gasteiger partial charge is 0.0889 e. The van der Waals surface area contributed by atoms with Crippen LogP contribution >= 0.6 is 0 Å². The minimum absolute atomic E-state index is 0.662. The maximum absolute atomic E-state index is 7.88. The van der Waals surface area contributed by atoms with Gasteiger partial charge in [-0.15, -0.1) is 0 Å². The highest BCUT2D eigenvalue weighted by molar-refractivity contribution is 5.17. The monoisotopic (exact) mass is 208 g/mol. The van der Waals surface area contributed by atoms with Gasteiger partial charge in [-0.1, -0.05) is 60.7 Å². The van der Waals surface area contributed by atoms with E-state index in [-0.39, 0.29) is 0 Å². The third-order valence-corrected chi connectivity index (χ3v) is 2.43. The number of hydrogen-bond acceptors (Lipinski definition) is 1. The third-order valence-electron chi connectivity index (χ3n) is 2.43. The molecular formula is C15H14N. The molecule has 0 aromatic heterocycles. The summed E-state index contributed by atoms with van der Waals surface area (Å²) in [6, 6.07) is 20.2. The minimum Gasteiger partial charge on any atom is -0.284 e.